The van der Waals surface area contributed by atoms with Crippen LogP contribution in [-0.2, 0) is 109 Å². The van der Waals surface area contributed by atoms with E-state index in [0.29, 0.717) is 0 Å². The molecule has 6 heteroatoms. The van der Waals surface area contributed by atoms with Gasteiger partial charge in [-0.2, -0.15) is 0 Å². The Bertz CT molecular complexity index is 15.5. The Morgan fingerprint density at radius 1 is 1.00 bits per heavy atom. The van der Waals surface area contributed by atoms with Gasteiger partial charge < -0.3 is 0 Å². The average Bonchev–Trinajstić information content (AvgIpc) is 0. The van der Waals surface area contributed by atoms with Gasteiger partial charge in [0.2, 0.25) is 0 Å². The Morgan fingerprint density at radius 2 is 1.00 bits per heavy atom. The molecule has 0 saturated carbocycles. The quantitative estimate of drug-likeness (QED) is 0.479. The summed E-state index contributed by atoms with van der Waals surface area (Å²) in [5.74, 6) is 0. The van der Waals surface area contributed by atoms with Gasteiger partial charge >= 0.3 is 0 Å². The molecule has 0 spiro atoms. The van der Waals surface area contributed by atoms with Crippen LogP contribution in [0.3, 0.4) is 0 Å². The first kappa shape index (κ1) is 53.4. The maximum absolute atomic E-state index is 0. The summed E-state index contributed by atoms with van der Waals surface area (Å²) in [6.45, 7) is 0. The zero-order valence-corrected chi connectivity index (χ0v) is 13.2. The standard InChI is InChI=1S/Ag.Cu.Mn.Si.Y.Zn. The molecule has 0 N–H and O–H groups in total. The first-order valence-corrected chi connectivity index (χ1v) is 0. The van der Waals surface area contributed by atoms with E-state index in [9.17, 15) is 0 Å². The van der Waals surface area contributed by atoms with Gasteiger partial charge in [0.05, 0.1) is 0 Å². The molecule has 0 unspecified atom stereocenters. The second-order valence-electron chi connectivity index (χ2n) is 0. The van der Waals surface area contributed by atoms with Crippen LogP contribution < -0.4 is 0 Å². The Labute approximate surface area is 117 Å². The fraction of sp³-hybridized carbons (Fsp3) is 0. The van der Waals surface area contributed by atoms with Crippen LogP contribution in [0.4, 0.5) is 0 Å². The Morgan fingerprint density at radius 3 is 1.00 bits per heavy atom. The van der Waals surface area contributed by atoms with Crippen LogP contribution in [0.5, 0.6) is 0 Å². The van der Waals surface area contributed by atoms with Gasteiger partial charge in [0.1, 0.15) is 0 Å². The van der Waals surface area contributed by atoms with Crippen molar-refractivity contribution in [3.63, 3.8) is 0 Å². The summed E-state index contributed by atoms with van der Waals surface area (Å²) < 4.78 is 0. The summed E-state index contributed by atoms with van der Waals surface area (Å²) in [4.78, 5) is 0. The Hall–Kier alpha value is 3.72. The van der Waals surface area contributed by atoms with Crippen molar-refractivity contribution in [3.05, 3.63) is 0 Å². The van der Waals surface area contributed by atoms with Crippen molar-refractivity contribution in [1.82, 2.24) is 0 Å². The van der Waals surface area contributed by atoms with E-state index in [1.165, 1.54) is 0 Å². The molecule has 0 heterocycles. The summed E-state index contributed by atoms with van der Waals surface area (Å²) >= 11 is 0. The van der Waals surface area contributed by atoms with Crippen LogP contribution in [0.1, 0.15) is 0 Å². The van der Waals surface area contributed by atoms with Crippen molar-refractivity contribution in [2.75, 3.05) is 0 Å². The van der Waals surface area contributed by atoms with Crippen LogP contribution in [-0.4, -0.2) is 11.0 Å². The van der Waals surface area contributed by atoms with Crippen molar-refractivity contribution in [2.24, 2.45) is 0 Å². The molecule has 38 valence electrons. The number of hydrogen-bond donors (Lipinski definition) is 0. The van der Waals surface area contributed by atoms with Gasteiger partial charge in [-0.25, -0.2) is 0 Å². The normalized spacial score (nSPS) is 0. The minimum Gasteiger partial charge on any atom is 0 e. The van der Waals surface area contributed by atoms with Crippen molar-refractivity contribution >= 4 is 11.0 Å². The molecule has 0 aliphatic heterocycles. The van der Waals surface area contributed by atoms with Gasteiger partial charge in [-0.3, -0.25) is 0 Å². The van der Waals surface area contributed by atoms with E-state index in [1.807, 2.05) is 0 Å². The van der Waals surface area contributed by atoms with E-state index in [2.05, 4.69) is 0 Å². The molecule has 0 bridgehead atoms. The summed E-state index contributed by atoms with van der Waals surface area (Å²) in [5, 5.41) is 0. The van der Waals surface area contributed by atoms with Crippen molar-refractivity contribution in [3.8, 4) is 0 Å². The van der Waals surface area contributed by atoms with Gasteiger partial charge in [-0.15, -0.1) is 0 Å². The molecule has 6 heavy (non-hydrogen) atoms. The summed E-state index contributed by atoms with van der Waals surface area (Å²) in [6, 6.07) is 0. The maximum Gasteiger partial charge on any atom is 0 e. The second kappa shape index (κ2) is 37.5. The molecule has 0 aromatic carbocycles. The van der Waals surface area contributed by atoms with Crippen LogP contribution in [0.15, 0.2) is 0 Å². The summed E-state index contributed by atoms with van der Waals surface area (Å²) in [5.41, 5.74) is 0. The SMILES string of the molecule is [Ag].[Cu].[Mn].[Si].[Y].[Zn]. The van der Waals surface area contributed by atoms with Crippen LogP contribution in [0.25, 0.3) is 0 Å². The molecule has 0 fully saturated rings. The number of hydrogen-bond acceptors (Lipinski definition) is 0. The average molecular weight is 409 g/mol. The molecule has 0 saturated heterocycles. The van der Waals surface area contributed by atoms with Gasteiger partial charge in [0, 0.05) is 120 Å². The largest absolute Gasteiger partial charge is 0 e. The third-order valence-corrected chi connectivity index (χ3v) is 0. The zero-order chi connectivity index (χ0) is 0. The molecular weight excluding hydrogens is 409 g/mol. The maximum atomic E-state index is 0. The third kappa shape index (κ3) is 25.2. The van der Waals surface area contributed by atoms with Crippen LogP contribution in [0, 0.1) is 0 Å². The van der Waals surface area contributed by atoms with E-state index in [-0.39, 0.29) is 120 Å². The third-order valence-electron chi connectivity index (χ3n) is 0. The Balaban J connectivity index is 0. The molecule has 0 atom stereocenters. The molecule has 0 rings (SSSR count). The van der Waals surface area contributed by atoms with Crippen LogP contribution >= 0.6 is 0 Å². The monoisotopic (exact) mass is 406 g/mol. The van der Waals surface area contributed by atoms with E-state index in [4.69, 9.17) is 0 Å². The first-order valence-electron chi connectivity index (χ1n) is 0. The second-order valence-corrected chi connectivity index (χ2v) is 0. The molecular formula is AgCuMnSiYZn. The smallest absolute Gasteiger partial charge is 0 e. The van der Waals surface area contributed by atoms with E-state index < -0.39 is 0 Å². The molecule has 0 nitrogen and oxygen atoms in total. The topological polar surface area (TPSA) is 0 Å². The minimum atomic E-state index is 0. The molecule has 0 aliphatic rings. The summed E-state index contributed by atoms with van der Waals surface area (Å²) in [7, 11) is 0. The van der Waals surface area contributed by atoms with Crippen molar-refractivity contribution in [1.29, 1.82) is 0 Å². The van der Waals surface area contributed by atoms with Gasteiger partial charge in [0.15, 0.2) is 0 Å². The van der Waals surface area contributed by atoms with E-state index >= 15 is 0 Å². The first-order chi connectivity index (χ1) is 0. The minimum absolute atomic E-state index is 0. The fourth-order valence-corrected chi connectivity index (χ4v) is 0. The number of rotatable bonds is 0. The fourth-order valence-electron chi connectivity index (χ4n) is 0. The van der Waals surface area contributed by atoms with Crippen molar-refractivity contribution < 1.29 is 109 Å². The molecule has 0 amide bonds. The van der Waals surface area contributed by atoms with Gasteiger partial charge in [-0.1, -0.05) is 0 Å². The van der Waals surface area contributed by atoms with Crippen molar-refractivity contribution in [2.45, 2.75) is 0 Å². The Kier molecular flexibility index (Phi) is 334. The van der Waals surface area contributed by atoms with E-state index in [1.54, 1.807) is 0 Å². The zero-order valence-electron chi connectivity index (χ0n) is 2.77. The molecule has 0 aromatic rings. The van der Waals surface area contributed by atoms with Gasteiger partial charge in [0.25, 0.3) is 0 Å². The van der Waals surface area contributed by atoms with E-state index in [0.717, 1.165) is 0 Å². The van der Waals surface area contributed by atoms with Gasteiger partial charge in [-0.05, 0) is 0 Å². The predicted molar refractivity (Wildman–Crippen MR) is 5.75 cm³/mol. The molecule has 8 radical (unpaired) electrons. The molecule has 0 aliphatic carbocycles. The van der Waals surface area contributed by atoms with Crippen LogP contribution in [0.2, 0.25) is 0 Å². The summed E-state index contributed by atoms with van der Waals surface area (Å²) in [6.07, 6.45) is 0. The predicted octanol–water partition coefficient (Wildman–Crippen LogP) is -0.393. The molecule has 0 aromatic heterocycles.